The van der Waals surface area contributed by atoms with Gasteiger partial charge in [-0.2, -0.15) is 0 Å². The number of benzene rings is 1. The van der Waals surface area contributed by atoms with Gasteiger partial charge < -0.3 is 20.0 Å². The molecule has 0 aromatic heterocycles. The third-order valence-electron chi connectivity index (χ3n) is 5.47. The molecule has 8 heteroatoms. The number of amides is 3. The average molecular weight is 387 g/mol. The fraction of sp³-hybridized carbons (Fsp3) is 0.550. The van der Waals surface area contributed by atoms with Gasteiger partial charge in [0.1, 0.15) is 6.17 Å². The Hall–Kier alpha value is -2.61. The van der Waals surface area contributed by atoms with Gasteiger partial charge in [0.05, 0.1) is 6.54 Å². The number of likely N-dealkylation sites (N-methyl/N-ethyl adjacent to an activating group) is 2. The minimum absolute atomic E-state index is 0.290. The maximum absolute atomic E-state index is 12.6. The molecule has 2 atom stereocenters. The SMILES string of the molecule is CCN(CC)CCN=C1NC2C(C(=O)NC(=O)N2C)N1Cc1ccc(C)cc1. The van der Waals surface area contributed by atoms with Crippen LogP contribution in [0.25, 0.3) is 0 Å². The minimum Gasteiger partial charge on any atom is -0.333 e. The molecule has 2 aliphatic heterocycles. The maximum Gasteiger partial charge on any atom is 0.325 e. The molecular weight excluding hydrogens is 356 g/mol. The number of carbonyl (C=O) groups is 2. The van der Waals surface area contributed by atoms with Gasteiger partial charge >= 0.3 is 6.03 Å². The Balaban J connectivity index is 1.84. The van der Waals surface area contributed by atoms with Crippen molar-refractivity contribution in [3.63, 3.8) is 0 Å². The van der Waals surface area contributed by atoms with E-state index in [4.69, 9.17) is 4.99 Å². The Labute approximate surface area is 166 Å². The van der Waals surface area contributed by atoms with Crippen molar-refractivity contribution in [2.75, 3.05) is 33.2 Å². The number of guanidine groups is 1. The van der Waals surface area contributed by atoms with Gasteiger partial charge in [0.15, 0.2) is 12.0 Å². The third-order valence-corrected chi connectivity index (χ3v) is 5.47. The number of carbonyl (C=O) groups excluding carboxylic acids is 2. The number of rotatable bonds is 7. The van der Waals surface area contributed by atoms with E-state index in [1.807, 2.05) is 11.8 Å². The highest BCUT2D eigenvalue weighted by atomic mass is 16.2. The van der Waals surface area contributed by atoms with Crippen molar-refractivity contribution >= 4 is 17.9 Å². The molecule has 0 radical (unpaired) electrons. The lowest BCUT2D eigenvalue weighted by molar-refractivity contribution is -0.127. The Morgan fingerprint density at radius 3 is 2.46 bits per heavy atom. The molecule has 1 aromatic rings. The number of fused-ring (bicyclic) bond motifs is 1. The number of hydrogen-bond acceptors (Lipinski definition) is 4. The van der Waals surface area contributed by atoms with Crippen molar-refractivity contribution in [3.05, 3.63) is 35.4 Å². The van der Waals surface area contributed by atoms with Crippen LogP contribution in [0.15, 0.2) is 29.3 Å². The van der Waals surface area contributed by atoms with E-state index < -0.39 is 18.2 Å². The first-order valence-corrected chi connectivity index (χ1v) is 9.87. The molecule has 2 fully saturated rings. The maximum atomic E-state index is 12.6. The molecule has 2 unspecified atom stereocenters. The molecule has 152 valence electrons. The number of nitrogens with zero attached hydrogens (tertiary/aromatic N) is 4. The number of nitrogens with one attached hydrogen (secondary N) is 2. The highest BCUT2D eigenvalue weighted by Crippen LogP contribution is 2.23. The summed E-state index contributed by atoms with van der Waals surface area (Å²) in [6.07, 6.45) is -0.418. The molecule has 1 aromatic carbocycles. The van der Waals surface area contributed by atoms with E-state index in [1.54, 1.807) is 7.05 Å². The quantitative estimate of drug-likeness (QED) is 0.730. The predicted molar refractivity (Wildman–Crippen MR) is 109 cm³/mol. The van der Waals surface area contributed by atoms with Crippen LogP contribution in [0, 0.1) is 6.92 Å². The van der Waals surface area contributed by atoms with E-state index in [9.17, 15) is 9.59 Å². The first-order valence-electron chi connectivity index (χ1n) is 9.87. The molecule has 8 nitrogen and oxygen atoms in total. The van der Waals surface area contributed by atoms with Gasteiger partial charge in [-0.1, -0.05) is 43.7 Å². The van der Waals surface area contributed by atoms with Gasteiger partial charge in [-0.25, -0.2) is 4.79 Å². The van der Waals surface area contributed by atoms with Crippen molar-refractivity contribution in [2.24, 2.45) is 4.99 Å². The molecule has 2 heterocycles. The van der Waals surface area contributed by atoms with E-state index >= 15 is 0 Å². The smallest absolute Gasteiger partial charge is 0.325 e. The summed E-state index contributed by atoms with van der Waals surface area (Å²) in [7, 11) is 1.69. The van der Waals surface area contributed by atoms with E-state index in [1.165, 1.54) is 10.5 Å². The molecule has 0 spiro atoms. The first-order chi connectivity index (χ1) is 13.4. The first kappa shape index (κ1) is 20.1. The van der Waals surface area contributed by atoms with E-state index in [-0.39, 0.29) is 5.91 Å². The molecular formula is C20H30N6O2. The molecule has 3 rings (SSSR count). The number of aryl methyl sites for hydroxylation is 1. The Kier molecular flexibility index (Phi) is 6.18. The van der Waals surface area contributed by atoms with Crippen LogP contribution in [0.3, 0.4) is 0 Å². The lowest BCUT2D eigenvalue weighted by Gasteiger charge is -2.35. The van der Waals surface area contributed by atoms with E-state index in [0.29, 0.717) is 19.0 Å². The van der Waals surface area contributed by atoms with Crippen LogP contribution < -0.4 is 10.6 Å². The summed E-state index contributed by atoms with van der Waals surface area (Å²) in [5, 5.41) is 5.74. The van der Waals surface area contributed by atoms with Crippen molar-refractivity contribution < 1.29 is 9.59 Å². The summed E-state index contributed by atoms with van der Waals surface area (Å²) in [6, 6.07) is 7.35. The van der Waals surface area contributed by atoms with Crippen molar-refractivity contribution in [2.45, 2.75) is 39.5 Å². The van der Waals surface area contributed by atoms with E-state index in [0.717, 1.165) is 25.2 Å². The zero-order chi connectivity index (χ0) is 20.3. The molecule has 3 amide bonds. The second-order valence-electron chi connectivity index (χ2n) is 7.29. The molecule has 0 aliphatic carbocycles. The second-order valence-corrected chi connectivity index (χ2v) is 7.29. The van der Waals surface area contributed by atoms with Crippen LogP contribution in [-0.4, -0.2) is 78.0 Å². The number of hydrogen-bond donors (Lipinski definition) is 2. The lowest BCUT2D eigenvalue weighted by atomic mass is 10.1. The summed E-state index contributed by atoms with van der Waals surface area (Å²) >= 11 is 0. The summed E-state index contributed by atoms with van der Waals surface area (Å²) < 4.78 is 0. The minimum atomic E-state index is -0.504. The number of aliphatic imine (C=N–C) groups is 1. The number of urea groups is 1. The van der Waals surface area contributed by atoms with Crippen molar-refractivity contribution in [1.29, 1.82) is 0 Å². The predicted octanol–water partition coefficient (Wildman–Crippen LogP) is 0.974. The zero-order valence-electron chi connectivity index (χ0n) is 17.1. The van der Waals surface area contributed by atoms with Gasteiger partial charge in [0.25, 0.3) is 5.91 Å². The molecule has 2 N–H and O–H groups in total. The molecule has 2 saturated heterocycles. The second kappa shape index (κ2) is 8.60. The standard InChI is InChI=1S/C20H30N6O2/c1-5-25(6-2)12-11-21-19-22-17-16(18(27)23-20(28)24(17)4)26(19)13-15-9-7-14(3)8-10-15/h7-10,16-17H,5-6,11-13H2,1-4H3,(H,21,22)(H,23,27,28). The van der Waals surface area contributed by atoms with Crippen molar-refractivity contribution in [1.82, 2.24) is 25.3 Å². The number of imide groups is 1. The summed E-state index contributed by atoms with van der Waals surface area (Å²) in [5.74, 6) is 0.376. The summed E-state index contributed by atoms with van der Waals surface area (Å²) in [6.45, 7) is 10.3. The summed E-state index contributed by atoms with van der Waals surface area (Å²) in [4.78, 5) is 35.2. The Morgan fingerprint density at radius 1 is 1.14 bits per heavy atom. The summed E-state index contributed by atoms with van der Waals surface area (Å²) in [5.41, 5.74) is 2.28. The largest absolute Gasteiger partial charge is 0.333 e. The monoisotopic (exact) mass is 386 g/mol. The average Bonchev–Trinajstić information content (AvgIpc) is 3.04. The van der Waals surface area contributed by atoms with Gasteiger partial charge in [-0.3, -0.25) is 15.1 Å². The lowest BCUT2D eigenvalue weighted by Crippen LogP contribution is -2.64. The van der Waals surface area contributed by atoms with E-state index in [2.05, 4.69) is 53.6 Å². The van der Waals surface area contributed by atoms with Gasteiger partial charge in [-0.05, 0) is 25.6 Å². The van der Waals surface area contributed by atoms with Crippen LogP contribution in [0.4, 0.5) is 4.79 Å². The Morgan fingerprint density at radius 2 is 1.82 bits per heavy atom. The van der Waals surface area contributed by atoms with Gasteiger partial charge in [0.2, 0.25) is 0 Å². The van der Waals surface area contributed by atoms with Gasteiger partial charge in [0, 0.05) is 20.1 Å². The fourth-order valence-corrected chi connectivity index (χ4v) is 3.62. The van der Waals surface area contributed by atoms with Gasteiger partial charge in [-0.15, -0.1) is 0 Å². The zero-order valence-corrected chi connectivity index (χ0v) is 17.1. The molecule has 28 heavy (non-hydrogen) atoms. The highest BCUT2D eigenvalue weighted by molar-refractivity contribution is 6.04. The Bertz CT molecular complexity index is 744. The van der Waals surface area contributed by atoms with Crippen LogP contribution >= 0.6 is 0 Å². The molecule has 0 bridgehead atoms. The normalized spacial score (nSPS) is 23.2. The van der Waals surface area contributed by atoms with Crippen LogP contribution in [0.2, 0.25) is 0 Å². The third kappa shape index (κ3) is 4.11. The molecule has 2 aliphatic rings. The van der Waals surface area contributed by atoms with Crippen LogP contribution in [0.5, 0.6) is 0 Å². The van der Waals surface area contributed by atoms with Crippen LogP contribution in [0.1, 0.15) is 25.0 Å². The highest BCUT2D eigenvalue weighted by Gasteiger charge is 2.49. The fourth-order valence-electron chi connectivity index (χ4n) is 3.62. The van der Waals surface area contributed by atoms with Crippen molar-refractivity contribution in [3.8, 4) is 0 Å². The topological polar surface area (TPSA) is 80.3 Å². The molecule has 0 saturated carbocycles. The van der Waals surface area contributed by atoms with Crippen LogP contribution in [-0.2, 0) is 11.3 Å².